The Labute approximate surface area is 131 Å². The summed E-state index contributed by atoms with van der Waals surface area (Å²) in [4.78, 5) is 4.24. The van der Waals surface area contributed by atoms with Gasteiger partial charge in [0.25, 0.3) is 0 Å². The molecular weight excluding hydrogens is 332 g/mol. The summed E-state index contributed by atoms with van der Waals surface area (Å²) in [6, 6.07) is 11.6. The molecule has 0 bridgehead atoms. The van der Waals surface area contributed by atoms with Crippen LogP contribution in [-0.2, 0) is 6.42 Å². The maximum Gasteiger partial charge on any atom is 0.234 e. The molecule has 0 spiro atoms. The van der Waals surface area contributed by atoms with Gasteiger partial charge in [0.15, 0.2) is 0 Å². The molecule has 3 rings (SSSR count). The minimum atomic E-state index is -0.0114. The number of hydrogen-bond donors (Lipinski definition) is 0. The lowest BCUT2D eigenvalue weighted by atomic mass is 10.1. The molecule has 1 aliphatic carbocycles. The Morgan fingerprint density at radius 3 is 2.95 bits per heavy atom. The second kappa shape index (κ2) is 5.74. The third-order valence-electron chi connectivity index (χ3n) is 3.57. The minimum absolute atomic E-state index is 0.0114. The van der Waals surface area contributed by atoms with E-state index >= 15 is 0 Å². The number of aromatic nitrogens is 1. The molecule has 0 saturated heterocycles. The molecular formula is C16H13BrN2O2. The summed E-state index contributed by atoms with van der Waals surface area (Å²) in [7, 11) is 1.49. The lowest BCUT2D eigenvalue weighted by Crippen LogP contribution is -2.05. The molecule has 0 N–H and O–H groups in total. The molecule has 0 unspecified atom stereocenters. The quantitative estimate of drug-likeness (QED) is 0.849. The Hall–Kier alpha value is -2.06. The Morgan fingerprint density at radius 1 is 1.33 bits per heavy atom. The molecule has 1 aromatic heterocycles. The number of hydrogen-bond acceptors (Lipinski definition) is 4. The van der Waals surface area contributed by atoms with Crippen molar-refractivity contribution in [2.24, 2.45) is 0 Å². The van der Waals surface area contributed by atoms with Crippen molar-refractivity contribution in [2.45, 2.75) is 18.9 Å². The summed E-state index contributed by atoms with van der Waals surface area (Å²) in [5.41, 5.74) is 2.89. The smallest absolute Gasteiger partial charge is 0.234 e. The van der Waals surface area contributed by atoms with Gasteiger partial charge in [0.2, 0.25) is 11.8 Å². The van der Waals surface area contributed by atoms with E-state index in [9.17, 15) is 0 Å². The van der Waals surface area contributed by atoms with Crippen LogP contribution >= 0.6 is 15.9 Å². The number of ether oxygens (including phenoxy) is 2. The molecule has 5 heteroatoms. The zero-order valence-electron chi connectivity index (χ0n) is 11.5. The van der Waals surface area contributed by atoms with E-state index in [1.807, 2.05) is 18.2 Å². The summed E-state index contributed by atoms with van der Waals surface area (Å²) < 4.78 is 12.2. The molecule has 1 aliphatic rings. The first-order valence-corrected chi connectivity index (χ1v) is 7.41. The molecule has 1 atom stereocenters. The van der Waals surface area contributed by atoms with E-state index in [1.165, 1.54) is 18.2 Å². The van der Waals surface area contributed by atoms with Gasteiger partial charge in [0.05, 0.1) is 7.11 Å². The van der Waals surface area contributed by atoms with Gasteiger partial charge in [0.1, 0.15) is 17.7 Å². The fourth-order valence-corrected chi connectivity index (χ4v) is 3.15. The molecule has 0 saturated carbocycles. The number of fused-ring (bicyclic) bond motifs is 1. The van der Waals surface area contributed by atoms with Gasteiger partial charge in [-0.05, 0) is 36.1 Å². The van der Waals surface area contributed by atoms with Crippen molar-refractivity contribution < 1.29 is 9.47 Å². The first kappa shape index (κ1) is 13.9. The number of methoxy groups -OCH3 is 1. The fourth-order valence-electron chi connectivity index (χ4n) is 2.57. The van der Waals surface area contributed by atoms with E-state index in [-0.39, 0.29) is 6.10 Å². The Balaban J connectivity index is 1.87. The zero-order chi connectivity index (χ0) is 14.8. The highest BCUT2D eigenvalue weighted by Gasteiger charge is 2.26. The molecule has 2 aromatic rings. The van der Waals surface area contributed by atoms with Gasteiger partial charge >= 0.3 is 0 Å². The van der Waals surface area contributed by atoms with Gasteiger partial charge in [-0.3, -0.25) is 0 Å². The third-order valence-corrected chi connectivity index (χ3v) is 4.31. The van der Waals surface area contributed by atoms with Crippen LogP contribution in [0.25, 0.3) is 0 Å². The van der Waals surface area contributed by atoms with E-state index in [2.05, 4.69) is 27.0 Å². The van der Waals surface area contributed by atoms with Crippen LogP contribution in [0.5, 0.6) is 11.8 Å². The first-order valence-electron chi connectivity index (χ1n) is 6.62. The summed E-state index contributed by atoms with van der Waals surface area (Å²) >= 11 is 3.57. The van der Waals surface area contributed by atoms with Gasteiger partial charge in [-0.25, -0.2) is 0 Å². The predicted molar refractivity (Wildman–Crippen MR) is 81.3 cm³/mol. The third kappa shape index (κ3) is 2.59. The maximum absolute atomic E-state index is 8.97. The predicted octanol–water partition coefficient (Wildman–Crippen LogP) is 3.79. The van der Waals surface area contributed by atoms with E-state index in [0.717, 1.165) is 17.3 Å². The monoisotopic (exact) mass is 344 g/mol. The Kier molecular flexibility index (Phi) is 3.80. The van der Waals surface area contributed by atoms with Crippen molar-refractivity contribution in [1.82, 2.24) is 4.98 Å². The number of benzene rings is 1. The van der Waals surface area contributed by atoms with Crippen LogP contribution in [0.3, 0.4) is 0 Å². The molecule has 0 amide bonds. The average molecular weight is 345 g/mol. The minimum Gasteiger partial charge on any atom is -0.480 e. The van der Waals surface area contributed by atoms with Crippen LogP contribution in [0.15, 0.2) is 34.8 Å². The number of rotatable bonds is 3. The number of pyridine rings is 1. The Bertz CT molecular complexity index is 725. The van der Waals surface area contributed by atoms with Crippen molar-refractivity contribution in [3.8, 4) is 17.8 Å². The standard InChI is InChI=1S/C16H13BrN2O2/c1-20-16-10(9-18)5-8-15(19-16)21-14-7-6-11-12(14)3-2-4-13(11)17/h2-5,8,14H,6-7H2,1H3/t14-/m0/s1. The molecule has 0 aliphatic heterocycles. The molecule has 21 heavy (non-hydrogen) atoms. The van der Waals surface area contributed by atoms with Crippen LogP contribution < -0.4 is 9.47 Å². The lowest BCUT2D eigenvalue weighted by Gasteiger charge is -2.15. The summed E-state index contributed by atoms with van der Waals surface area (Å²) in [5.74, 6) is 0.770. The highest BCUT2D eigenvalue weighted by atomic mass is 79.9. The summed E-state index contributed by atoms with van der Waals surface area (Å²) in [6.45, 7) is 0. The highest BCUT2D eigenvalue weighted by molar-refractivity contribution is 9.10. The van der Waals surface area contributed by atoms with Gasteiger partial charge < -0.3 is 9.47 Å². The van der Waals surface area contributed by atoms with E-state index in [1.54, 1.807) is 12.1 Å². The van der Waals surface area contributed by atoms with E-state index in [0.29, 0.717) is 17.3 Å². The molecule has 4 nitrogen and oxygen atoms in total. The van der Waals surface area contributed by atoms with Crippen LogP contribution in [0.1, 0.15) is 29.2 Å². The zero-order valence-corrected chi connectivity index (χ0v) is 13.1. The maximum atomic E-state index is 8.97. The van der Waals surface area contributed by atoms with Crippen molar-refractivity contribution in [3.05, 3.63) is 51.5 Å². The van der Waals surface area contributed by atoms with Crippen molar-refractivity contribution in [1.29, 1.82) is 5.26 Å². The lowest BCUT2D eigenvalue weighted by molar-refractivity contribution is 0.196. The SMILES string of the molecule is COc1nc(O[C@H]2CCc3c(Br)cccc32)ccc1C#N. The number of nitriles is 1. The average Bonchev–Trinajstić information content (AvgIpc) is 2.92. The normalized spacial score (nSPS) is 16.1. The largest absolute Gasteiger partial charge is 0.480 e. The van der Waals surface area contributed by atoms with Crippen molar-refractivity contribution in [2.75, 3.05) is 7.11 Å². The van der Waals surface area contributed by atoms with Crippen LogP contribution in [0.4, 0.5) is 0 Å². The van der Waals surface area contributed by atoms with E-state index < -0.39 is 0 Å². The second-order valence-corrected chi connectivity index (χ2v) is 5.63. The Morgan fingerprint density at radius 2 is 2.19 bits per heavy atom. The number of halogens is 1. The van der Waals surface area contributed by atoms with Gasteiger partial charge in [0, 0.05) is 10.5 Å². The topological polar surface area (TPSA) is 55.1 Å². The van der Waals surface area contributed by atoms with Crippen LogP contribution in [-0.4, -0.2) is 12.1 Å². The molecule has 0 fully saturated rings. The van der Waals surface area contributed by atoms with Crippen molar-refractivity contribution in [3.63, 3.8) is 0 Å². The van der Waals surface area contributed by atoms with Gasteiger partial charge in [-0.1, -0.05) is 28.1 Å². The fraction of sp³-hybridized carbons (Fsp3) is 0.250. The summed E-state index contributed by atoms with van der Waals surface area (Å²) in [6.07, 6.45) is 1.89. The molecule has 0 radical (unpaired) electrons. The van der Waals surface area contributed by atoms with Gasteiger partial charge in [-0.15, -0.1) is 0 Å². The van der Waals surface area contributed by atoms with E-state index in [4.69, 9.17) is 14.7 Å². The molecule has 1 aromatic carbocycles. The number of nitrogens with zero attached hydrogens (tertiary/aromatic N) is 2. The molecule has 106 valence electrons. The van der Waals surface area contributed by atoms with Crippen LogP contribution in [0, 0.1) is 11.3 Å². The highest BCUT2D eigenvalue weighted by Crippen LogP contribution is 2.38. The first-order chi connectivity index (χ1) is 10.2. The van der Waals surface area contributed by atoms with Gasteiger partial charge in [-0.2, -0.15) is 10.2 Å². The molecule has 1 heterocycles. The second-order valence-electron chi connectivity index (χ2n) is 4.77. The van der Waals surface area contributed by atoms with Crippen LogP contribution in [0.2, 0.25) is 0 Å². The van der Waals surface area contributed by atoms with Crippen molar-refractivity contribution >= 4 is 15.9 Å². The summed E-state index contributed by atoms with van der Waals surface area (Å²) in [5, 5.41) is 8.97.